The predicted octanol–water partition coefficient (Wildman–Crippen LogP) is 4.87. The van der Waals surface area contributed by atoms with Gasteiger partial charge in [0.2, 0.25) is 0 Å². The molecule has 0 unspecified atom stereocenters. The Hall–Kier alpha value is -1.95. The second kappa shape index (κ2) is 5.44. The third-order valence-electron chi connectivity index (χ3n) is 2.72. The lowest BCUT2D eigenvalue weighted by Gasteiger charge is -2.10. The van der Waals surface area contributed by atoms with E-state index in [9.17, 15) is 26.7 Å². The predicted molar refractivity (Wildman–Crippen MR) is 66.2 cm³/mol. The second-order valence-electron chi connectivity index (χ2n) is 4.15. The van der Waals surface area contributed by atoms with E-state index < -0.39 is 29.2 Å². The SMILES string of the molecule is O=C(c1ccc(F)c(Cl)c1)c1ccc(F)c(C(F)(F)F)c1. The first-order valence-corrected chi connectivity index (χ1v) is 5.94. The number of rotatable bonds is 2. The fraction of sp³-hybridized carbons (Fsp3) is 0.0714. The van der Waals surface area contributed by atoms with E-state index in [0.717, 1.165) is 24.3 Å². The zero-order chi connectivity index (χ0) is 15.8. The van der Waals surface area contributed by atoms with Crippen molar-refractivity contribution >= 4 is 17.4 Å². The zero-order valence-corrected chi connectivity index (χ0v) is 10.9. The highest BCUT2D eigenvalue weighted by Gasteiger charge is 2.34. The van der Waals surface area contributed by atoms with Gasteiger partial charge >= 0.3 is 6.18 Å². The number of alkyl halides is 3. The summed E-state index contributed by atoms with van der Waals surface area (Å²) in [6, 6.07) is 4.89. The summed E-state index contributed by atoms with van der Waals surface area (Å²) in [4.78, 5) is 12.0. The first kappa shape index (κ1) is 15.4. The molecular formula is C14H6ClF5O. The van der Waals surface area contributed by atoms with E-state index in [1.54, 1.807) is 0 Å². The summed E-state index contributed by atoms with van der Waals surface area (Å²) in [7, 11) is 0. The molecular weight excluding hydrogens is 315 g/mol. The minimum Gasteiger partial charge on any atom is -0.289 e. The van der Waals surface area contributed by atoms with Crippen molar-refractivity contribution in [1.82, 2.24) is 0 Å². The van der Waals surface area contributed by atoms with Crippen LogP contribution in [-0.4, -0.2) is 5.78 Å². The monoisotopic (exact) mass is 320 g/mol. The number of carbonyl (C=O) groups excluding carboxylic acids is 1. The number of carbonyl (C=O) groups is 1. The van der Waals surface area contributed by atoms with Crippen LogP contribution in [0.15, 0.2) is 36.4 Å². The maximum atomic E-state index is 13.1. The van der Waals surface area contributed by atoms with Crippen LogP contribution in [0.2, 0.25) is 5.02 Å². The molecule has 2 rings (SSSR count). The number of ketones is 1. The lowest BCUT2D eigenvalue weighted by molar-refractivity contribution is -0.140. The third kappa shape index (κ3) is 3.21. The van der Waals surface area contributed by atoms with Gasteiger partial charge in [0.15, 0.2) is 5.78 Å². The first-order chi connectivity index (χ1) is 9.70. The van der Waals surface area contributed by atoms with Gasteiger partial charge in [-0.15, -0.1) is 0 Å². The molecule has 0 heterocycles. The molecule has 7 heteroatoms. The quantitative estimate of drug-likeness (QED) is 0.570. The van der Waals surface area contributed by atoms with Crippen molar-refractivity contribution in [3.8, 4) is 0 Å². The number of hydrogen-bond donors (Lipinski definition) is 0. The van der Waals surface area contributed by atoms with Crippen molar-refractivity contribution in [3.05, 3.63) is 69.7 Å². The van der Waals surface area contributed by atoms with E-state index in [0.29, 0.717) is 12.1 Å². The van der Waals surface area contributed by atoms with Crippen LogP contribution in [0.25, 0.3) is 0 Å². The highest BCUT2D eigenvalue weighted by atomic mass is 35.5. The van der Waals surface area contributed by atoms with Crippen molar-refractivity contribution < 1.29 is 26.7 Å². The van der Waals surface area contributed by atoms with Gasteiger partial charge in [0.25, 0.3) is 0 Å². The highest BCUT2D eigenvalue weighted by molar-refractivity contribution is 6.31. The van der Waals surface area contributed by atoms with Crippen molar-refractivity contribution in [3.63, 3.8) is 0 Å². The van der Waals surface area contributed by atoms with Crippen LogP contribution in [0.4, 0.5) is 22.0 Å². The summed E-state index contributed by atoms with van der Waals surface area (Å²) >= 11 is 5.51. The molecule has 110 valence electrons. The van der Waals surface area contributed by atoms with Gasteiger partial charge < -0.3 is 0 Å². The molecule has 2 aromatic carbocycles. The van der Waals surface area contributed by atoms with Crippen molar-refractivity contribution in [2.24, 2.45) is 0 Å². The smallest absolute Gasteiger partial charge is 0.289 e. The molecule has 0 aromatic heterocycles. The molecule has 0 aliphatic heterocycles. The second-order valence-corrected chi connectivity index (χ2v) is 4.56. The van der Waals surface area contributed by atoms with Gasteiger partial charge in [0.05, 0.1) is 10.6 Å². The standard InChI is InChI=1S/C14H6ClF5O/c15-10-6-8(2-4-12(10)17)13(21)7-1-3-11(16)9(5-7)14(18,19)20/h1-6H. The first-order valence-electron chi connectivity index (χ1n) is 5.56. The fourth-order valence-electron chi connectivity index (χ4n) is 1.69. The molecule has 0 aliphatic rings. The minimum atomic E-state index is -4.92. The van der Waals surface area contributed by atoms with Crippen LogP contribution in [0.3, 0.4) is 0 Å². The molecule has 0 saturated carbocycles. The Morgan fingerprint density at radius 3 is 1.95 bits per heavy atom. The Morgan fingerprint density at radius 1 is 0.905 bits per heavy atom. The molecule has 21 heavy (non-hydrogen) atoms. The van der Waals surface area contributed by atoms with Gasteiger partial charge in [0, 0.05) is 11.1 Å². The molecule has 0 amide bonds. The van der Waals surface area contributed by atoms with Crippen LogP contribution >= 0.6 is 11.6 Å². The Labute approximate surface area is 121 Å². The van der Waals surface area contributed by atoms with Crippen LogP contribution < -0.4 is 0 Å². The number of hydrogen-bond acceptors (Lipinski definition) is 1. The lowest BCUT2D eigenvalue weighted by Crippen LogP contribution is -2.11. The van der Waals surface area contributed by atoms with Crippen molar-refractivity contribution in [2.45, 2.75) is 6.18 Å². The molecule has 0 fully saturated rings. The summed E-state index contributed by atoms with van der Waals surface area (Å²) in [5.74, 6) is -3.05. The summed E-state index contributed by atoms with van der Waals surface area (Å²) < 4.78 is 63.9. The highest BCUT2D eigenvalue weighted by Crippen LogP contribution is 2.32. The summed E-state index contributed by atoms with van der Waals surface area (Å²) in [5, 5.41) is -0.334. The van der Waals surface area contributed by atoms with E-state index in [1.807, 2.05) is 0 Å². The molecule has 1 nitrogen and oxygen atoms in total. The van der Waals surface area contributed by atoms with Crippen LogP contribution in [0.5, 0.6) is 0 Å². The fourth-order valence-corrected chi connectivity index (χ4v) is 1.87. The Balaban J connectivity index is 2.46. The average molecular weight is 321 g/mol. The van der Waals surface area contributed by atoms with E-state index in [4.69, 9.17) is 11.6 Å². The molecule has 0 spiro atoms. The zero-order valence-electron chi connectivity index (χ0n) is 10.1. The van der Waals surface area contributed by atoms with Crippen LogP contribution in [0, 0.1) is 11.6 Å². The van der Waals surface area contributed by atoms with Crippen LogP contribution in [-0.2, 0) is 6.18 Å². The van der Waals surface area contributed by atoms with Crippen molar-refractivity contribution in [2.75, 3.05) is 0 Å². The normalized spacial score (nSPS) is 11.5. The van der Waals surface area contributed by atoms with Crippen LogP contribution in [0.1, 0.15) is 21.5 Å². The molecule has 0 atom stereocenters. The minimum absolute atomic E-state index is 0.0962. The largest absolute Gasteiger partial charge is 0.419 e. The molecule has 0 N–H and O–H groups in total. The number of benzene rings is 2. The number of halogens is 6. The summed E-state index contributed by atoms with van der Waals surface area (Å²) in [6.07, 6.45) is -4.92. The van der Waals surface area contributed by atoms with Gasteiger partial charge in [-0.2, -0.15) is 13.2 Å². The van der Waals surface area contributed by atoms with Gasteiger partial charge in [-0.05, 0) is 36.4 Å². The average Bonchev–Trinajstić information content (AvgIpc) is 2.40. The van der Waals surface area contributed by atoms with Gasteiger partial charge in [-0.25, -0.2) is 8.78 Å². The van der Waals surface area contributed by atoms with Gasteiger partial charge in [-0.1, -0.05) is 11.6 Å². The Bertz CT molecular complexity index is 709. The molecule has 0 aliphatic carbocycles. The third-order valence-corrected chi connectivity index (χ3v) is 3.01. The summed E-state index contributed by atoms with van der Waals surface area (Å²) in [5.41, 5.74) is -2.01. The molecule has 0 bridgehead atoms. The Morgan fingerprint density at radius 2 is 1.43 bits per heavy atom. The van der Waals surface area contributed by atoms with Gasteiger partial charge in [-0.3, -0.25) is 4.79 Å². The van der Waals surface area contributed by atoms with E-state index in [1.165, 1.54) is 0 Å². The van der Waals surface area contributed by atoms with Crippen molar-refractivity contribution in [1.29, 1.82) is 0 Å². The maximum Gasteiger partial charge on any atom is 0.419 e. The lowest BCUT2D eigenvalue weighted by atomic mass is 10.0. The van der Waals surface area contributed by atoms with E-state index in [2.05, 4.69) is 0 Å². The van der Waals surface area contributed by atoms with Gasteiger partial charge in [0.1, 0.15) is 11.6 Å². The molecule has 0 radical (unpaired) electrons. The Kier molecular flexibility index (Phi) is 4.00. The van der Waals surface area contributed by atoms with E-state index >= 15 is 0 Å². The topological polar surface area (TPSA) is 17.1 Å². The summed E-state index contributed by atoms with van der Waals surface area (Å²) in [6.45, 7) is 0. The maximum absolute atomic E-state index is 13.1. The molecule has 0 saturated heterocycles. The van der Waals surface area contributed by atoms with E-state index in [-0.39, 0.29) is 16.1 Å². The molecule has 2 aromatic rings.